The summed E-state index contributed by atoms with van der Waals surface area (Å²) in [6.45, 7) is 5.56. The molecule has 158 valence electrons. The number of pyridine rings is 1. The maximum Gasteiger partial charge on any atom is 0.259 e. The third kappa shape index (κ3) is 4.20. The van der Waals surface area contributed by atoms with Crippen LogP contribution in [0.4, 0.5) is 10.1 Å². The second-order valence-corrected chi connectivity index (χ2v) is 7.14. The van der Waals surface area contributed by atoms with Gasteiger partial charge in [0.2, 0.25) is 0 Å². The highest BCUT2D eigenvalue weighted by molar-refractivity contribution is 6.05. The number of benzene rings is 1. The molecule has 0 aliphatic heterocycles. The third-order valence-corrected chi connectivity index (χ3v) is 4.84. The number of rotatable bonds is 6. The minimum Gasteiger partial charge on any atom is -0.334 e. The fraction of sp³-hybridized carbons (Fsp3) is 0.227. The molecule has 0 aliphatic rings. The van der Waals surface area contributed by atoms with Crippen molar-refractivity contribution in [3.63, 3.8) is 0 Å². The average Bonchev–Trinajstić information content (AvgIpc) is 3.37. The lowest BCUT2D eigenvalue weighted by Crippen LogP contribution is -2.14. The molecule has 0 bridgehead atoms. The van der Waals surface area contributed by atoms with Crippen LogP contribution in [0.3, 0.4) is 0 Å². The molecule has 1 amide bonds. The molecule has 4 aromatic rings. The van der Waals surface area contributed by atoms with E-state index < -0.39 is 0 Å². The van der Waals surface area contributed by atoms with Crippen LogP contribution in [-0.4, -0.2) is 30.8 Å². The highest BCUT2D eigenvalue weighted by atomic mass is 19.1. The van der Waals surface area contributed by atoms with E-state index in [-0.39, 0.29) is 11.7 Å². The van der Waals surface area contributed by atoms with Crippen molar-refractivity contribution in [3.8, 4) is 17.3 Å². The molecule has 8 nitrogen and oxygen atoms in total. The van der Waals surface area contributed by atoms with Gasteiger partial charge in [-0.15, -0.1) is 0 Å². The standard InChI is InChI=1S/C22H21FN6O2/c1-4-5-19-27-22(31-28-19)15-6-9-20(24-11-15)29-14(3)17(12-25-29)21(30)26-18-8-7-16(23)10-13(18)2/h6-12H,4-5H2,1-3H3,(H,26,30). The van der Waals surface area contributed by atoms with Crippen molar-refractivity contribution in [2.75, 3.05) is 5.32 Å². The summed E-state index contributed by atoms with van der Waals surface area (Å²) < 4.78 is 20.1. The summed E-state index contributed by atoms with van der Waals surface area (Å²) in [7, 11) is 0. The van der Waals surface area contributed by atoms with Gasteiger partial charge in [0.05, 0.1) is 23.0 Å². The first-order valence-electron chi connectivity index (χ1n) is 9.87. The number of aryl methyl sites for hydroxylation is 2. The monoisotopic (exact) mass is 420 g/mol. The highest BCUT2D eigenvalue weighted by Crippen LogP contribution is 2.21. The Morgan fingerprint density at radius 2 is 2.03 bits per heavy atom. The van der Waals surface area contributed by atoms with Gasteiger partial charge in [0.15, 0.2) is 11.6 Å². The first-order chi connectivity index (χ1) is 15.0. The number of hydrogen-bond donors (Lipinski definition) is 1. The molecule has 9 heteroatoms. The Balaban J connectivity index is 1.53. The molecule has 31 heavy (non-hydrogen) atoms. The Labute approximate surface area is 178 Å². The second-order valence-electron chi connectivity index (χ2n) is 7.14. The van der Waals surface area contributed by atoms with E-state index in [9.17, 15) is 9.18 Å². The Morgan fingerprint density at radius 1 is 1.19 bits per heavy atom. The van der Waals surface area contributed by atoms with Crippen molar-refractivity contribution in [3.05, 3.63) is 71.2 Å². The van der Waals surface area contributed by atoms with Gasteiger partial charge in [0.25, 0.3) is 11.8 Å². The van der Waals surface area contributed by atoms with E-state index in [1.54, 1.807) is 30.8 Å². The van der Waals surface area contributed by atoms with Gasteiger partial charge in [0.1, 0.15) is 5.82 Å². The van der Waals surface area contributed by atoms with Crippen molar-refractivity contribution in [1.29, 1.82) is 0 Å². The molecule has 4 rings (SSSR count). The van der Waals surface area contributed by atoms with E-state index in [4.69, 9.17) is 4.52 Å². The predicted molar refractivity (Wildman–Crippen MR) is 112 cm³/mol. The number of anilines is 1. The normalized spacial score (nSPS) is 11.0. The number of halogens is 1. The molecule has 0 saturated heterocycles. The van der Waals surface area contributed by atoms with Crippen LogP contribution in [-0.2, 0) is 6.42 Å². The van der Waals surface area contributed by atoms with Crippen LogP contribution in [0.15, 0.2) is 47.2 Å². The van der Waals surface area contributed by atoms with Crippen LogP contribution in [0.2, 0.25) is 0 Å². The highest BCUT2D eigenvalue weighted by Gasteiger charge is 2.17. The van der Waals surface area contributed by atoms with Gasteiger partial charge in [-0.1, -0.05) is 12.1 Å². The fourth-order valence-corrected chi connectivity index (χ4v) is 3.15. The van der Waals surface area contributed by atoms with Gasteiger partial charge < -0.3 is 9.84 Å². The topological polar surface area (TPSA) is 98.7 Å². The van der Waals surface area contributed by atoms with Gasteiger partial charge >= 0.3 is 0 Å². The van der Waals surface area contributed by atoms with Gasteiger partial charge in [-0.25, -0.2) is 14.1 Å². The van der Waals surface area contributed by atoms with Crippen LogP contribution in [0, 0.1) is 19.7 Å². The van der Waals surface area contributed by atoms with E-state index in [0.717, 1.165) is 12.8 Å². The van der Waals surface area contributed by atoms with Crippen LogP contribution >= 0.6 is 0 Å². The van der Waals surface area contributed by atoms with Crippen molar-refractivity contribution in [2.24, 2.45) is 0 Å². The summed E-state index contributed by atoms with van der Waals surface area (Å²) in [6, 6.07) is 7.79. The first kappa shape index (κ1) is 20.4. The Kier molecular flexibility index (Phi) is 5.57. The molecule has 1 N–H and O–H groups in total. The predicted octanol–water partition coefficient (Wildman–Crippen LogP) is 4.28. The number of carbonyl (C=O) groups excluding carboxylic acids is 1. The Bertz CT molecular complexity index is 1230. The lowest BCUT2D eigenvalue weighted by atomic mass is 10.1. The summed E-state index contributed by atoms with van der Waals surface area (Å²) in [5.41, 5.74) is 2.91. The maximum absolute atomic E-state index is 13.3. The maximum atomic E-state index is 13.3. The number of carbonyl (C=O) groups is 1. The lowest BCUT2D eigenvalue weighted by Gasteiger charge is -2.08. The van der Waals surface area contributed by atoms with Gasteiger partial charge in [-0.05, 0) is 56.2 Å². The average molecular weight is 420 g/mol. The summed E-state index contributed by atoms with van der Waals surface area (Å²) in [6.07, 6.45) is 4.80. The molecule has 0 unspecified atom stereocenters. The number of nitrogens with zero attached hydrogens (tertiary/aromatic N) is 5. The lowest BCUT2D eigenvalue weighted by molar-refractivity contribution is 0.102. The van der Waals surface area contributed by atoms with Crippen molar-refractivity contribution < 1.29 is 13.7 Å². The molecule has 0 spiro atoms. The first-order valence-corrected chi connectivity index (χ1v) is 9.87. The smallest absolute Gasteiger partial charge is 0.259 e. The van der Waals surface area contributed by atoms with Crippen molar-refractivity contribution in [1.82, 2.24) is 24.9 Å². The summed E-state index contributed by atoms with van der Waals surface area (Å²) in [5, 5.41) is 11.0. The molecule has 0 aliphatic carbocycles. The molecular weight excluding hydrogens is 399 g/mol. The van der Waals surface area contributed by atoms with Crippen LogP contribution in [0.25, 0.3) is 17.3 Å². The van der Waals surface area contributed by atoms with E-state index in [1.165, 1.54) is 24.4 Å². The van der Waals surface area contributed by atoms with Crippen molar-refractivity contribution >= 4 is 11.6 Å². The quantitative estimate of drug-likeness (QED) is 0.500. The number of amides is 1. The van der Waals surface area contributed by atoms with E-state index >= 15 is 0 Å². The van der Waals surface area contributed by atoms with Gasteiger partial charge in [0, 0.05) is 18.3 Å². The van der Waals surface area contributed by atoms with Crippen LogP contribution in [0.5, 0.6) is 0 Å². The largest absolute Gasteiger partial charge is 0.334 e. The molecular formula is C22H21FN6O2. The molecule has 0 saturated carbocycles. The third-order valence-electron chi connectivity index (χ3n) is 4.84. The number of hydrogen-bond acceptors (Lipinski definition) is 6. The summed E-state index contributed by atoms with van der Waals surface area (Å²) >= 11 is 0. The number of aromatic nitrogens is 5. The molecule has 0 radical (unpaired) electrons. The van der Waals surface area contributed by atoms with E-state index in [2.05, 4.69) is 25.5 Å². The van der Waals surface area contributed by atoms with E-state index in [1.807, 2.05) is 13.0 Å². The second kappa shape index (κ2) is 8.47. The fourth-order valence-electron chi connectivity index (χ4n) is 3.15. The summed E-state index contributed by atoms with van der Waals surface area (Å²) in [4.78, 5) is 21.5. The zero-order valence-electron chi connectivity index (χ0n) is 17.4. The molecule has 1 aromatic carbocycles. The minimum atomic E-state index is -0.351. The molecule has 0 atom stereocenters. The Morgan fingerprint density at radius 3 is 2.74 bits per heavy atom. The minimum absolute atomic E-state index is 0.329. The SMILES string of the molecule is CCCc1noc(-c2ccc(-n3ncc(C(=O)Nc4ccc(F)cc4C)c3C)nc2)n1. The van der Waals surface area contributed by atoms with Gasteiger partial charge in [-0.2, -0.15) is 10.1 Å². The van der Waals surface area contributed by atoms with Crippen molar-refractivity contribution in [2.45, 2.75) is 33.6 Å². The van der Waals surface area contributed by atoms with Crippen LogP contribution < -0.4 is 5.32 Å². The van der Waals surface area contributed by atoms with E-state index in [0.29, 0.717) is 45.6 Å². The summed E-state index contributed by atoms with van der Waals surface area (Å²) in [5.74, 6) is 0.943. The molecule has 3 heterocycles. The Hall–Kier alpha value is -3.88. The van der Waals surface area contributed by atoms with Gasteiger partial charge in [-0.3, -0.25) is 4.79 Å². The number of nitrogens with one attached hydrogen (secondary N) is 1. The molecule has 3 aromatic heterocycles. The molecule has 0 fully saturated rings. The zero-order chi connectivity index (χ0) is 22.0. The zero-order valence-corrected chi connectivity index (χ0v) is 17.4. The van der Waals surface area contributed by atoms with Crippen LogP contribution in [0.1, 0.15) is 40.8 Å².